The van der Waals surface area contributed by atoms with Crippen LogP contribution in [0, 0.1) is 28.6 Å². The number of allylic oxidation sites excluding steroid dienone is 1. The number of hydrogen-bond donors (Lipinski definition) is 2. The molecule has 0 heterocycles. The fraction of sp³-hybridized carbons (Fsp3) is 0.762. The Morgan fingerprint density at radius 3 is 2.57 bits per heavy atom. The molecular weight excluding hydrogens is 415 g/mol. The maximum absolute atomic E-state index is 13.4. The number of carbonyl (C=O) groups excluding carboxylic acids is 3. The summed E-state index contributed by atoms with van der Waals surface area (Å²) in [6, 6.07) is 0. The van der Waals surface area contributed by atoms with Gasteiger partial charge in [-0.05, 0) is 55.4 Å². The normalized spacial score (nSPS) is 43.5. The summed E-state index contributed by atoms with van der Waals surface area (Å²) in [6.07, 6.45) is 4.90. The molecule has 30 heavy (non-hydrogen) atoms. The summed E-state index contributed by atoms with van der Waals surface area (Å²) < 4.78 is 34.7. The maximum Gasteiger partial charge on any atom is 0.397 e. The second kappa shape index (κ2) is 6.79. The van der Waals surface area contributed by atoms with Crippen LogP contribution in [0.5, 0.6) is 0 Å². The van der Waals surface area contributed by atoms with Crippen molar-refractivity contribution in [1.82, 2.24) is 0 Å². The van der Waals surface area contributed by atoms with E-state index in [2.05, 4.69) is 11.1 Å². The van der Waals surface area contributed by atoms with Crippen LogP contribution in [-0.4, -0.2) is 47.6 Å². The molecule has 0 saturated heterocycles. The van der Waals surface area contributed by atoms with Gasteiger partial charge in [0.15, 0.2) is 11.6 Å². The lowest BCUT2D eigenvalue weighted by Crippen LogP contribution is -2.61. The van der Waals surface area contributed by atoms with Crippen molar-refractivity contribution in [2.24, 2.45) is 28.6 Å². The second-order valence-electron chi connectivity index (χ2n) is 9.91. The Hall–Kier alpha value is -1.42. The first-order valence-corrected chi connectivity index (χ1v) is 11.8. The fourth-order valence-electron chi connectivity index (χ4n) is 7.09. The number of carbonyl (C=O) groups is 3. The van der Waals surface area contributed by atoms with Gasteiger partial charge in [-0.3, -0.25) is 18.9 Å². The van der Waals surface area contributed by atoms with Gasteiger partial charge in [0.2, 0.25) is 0 Å². The predicted molar refractivity (Wildman–Crippen MR) is 105 cm³/mol. The summed E-state index contributed by atoms with van der Waals surface area (Å²) in [6.45, 7) is 2.84. The zero-order valence-corrected chi connectivity index (χ0v) is 18.0. The third-order valence-corrected chi connectivity index (χ3v) is 9.02. The number of Topliss-reactive ketones (excluding diaryl/α,β-unsaturated/α-hetero) is 2. The Morgan fingerprint density at radius 2 is 1.90 bits per heavy atom. The lowest BCUT2D eigenvalue weighted by atomic mass is 9.47. The molecule has 4 aliphatic rings. The highest BCUT2D eigenvalue weighted by Crippen LogP contribution is 2.66. The minimum atomic E-state index is -4.81. The van der Waals surface area contributed by atoms with Gasteiger partial charge in [-0.15, -0.1) is 0 Å². The molecule has 0 aliphatic heterocycles. The molecule has 9 heteroatoms. The average Bonchev–Trinajstić information content (AvgIpc) is 2.91. The summed E-state index contributed by atoms with van der Waals surface area (Å²) in [4.78, 5) is 38.1. The maximum atomic E-state index is 13.4. The minimum absolute atomic E-state index is 0.00378. The lowest BCUT2D eigenvalue weighted by molar-refractivity contribution is -0.170. The highest BCUT2D eigenvalue weighted by molar-refractivity contribution is 7.80. The van der Waals surface area contributed by atoms with Crippen molar-refractivity contribution in [2.45, 2.75) is 64.4 Å². The van der Waals surface area contributed by atoms with Crippen LogP contribution in [0.25, 0.3) is 0 Å². The van der Waals surface area contributed by atoms with Crippen molar-refractivity contribution in [1.29, 1.82) is 0 Å². The van der Waals surface area contributed by atoms with Gasteiger partial charge >= 0.3 is 10.4 Å². The number of ketones is 3. The van der Waals surface area contributed by atoms with Crippen molar-refractivity contribution in [2.75, 3.05) is 6.61 Å². The molecule has 4 rings (SSSR count). The van der Waals surface area contributed by atoms with E-state index in [0.717, 1.165) is 18.4 Å². The Kier molecular flexibility index (Phi) is 4.93. The smallest absolute Gasteiger partial charge is 0.381 e. The van der Waals surface area contributed by atoms with Gasteiger partial charge in [0, 0.05) is 24.2 Å². The first-order valence-electron chi connectivity index (χ1n) is 10.5. The van der Waals surface area contributed by atoms with Crippen molar-refractivity contribution < 1.29 is 36.6 Å². The Balaban J connectivity index is 1.66. The summed E-state index contributed by atoms with van der Waals surface area (Å²) >= 11 is 0. The fourth-order valence-corrected chi connectivity index (χ4v) is 7.35. The molecule has 0 aromatic rings. The number of rotatable bonds is 4. The van der Waals surface area contributed by atoms with E-state index in [1.807, 2.05) is 0 Å². The van der Waals surface area contributed by atoms with Crippen LogP contribution in [-0.2, 0) is 29.0 Å². The molecule has 4 aliphatic carbocycles. The Bertz CT molecular complexity index is 952. The van der Waals surface area contributed by atoms with E-state index >= 15 is 0 Å². The molecule has 1 unspecified atom stereocenters. The molecule has 0 radical (unpaired) electrons. The van der Waals surface area contributed by atoms with Gasteiger partial charge in [0.1, 0.15) is 18.0 Å². The van der Waals surface area contributed by atoms with Crippen molar-refractivity contribution in [3.05, 3.63) is 11.6 Å². The number of hydrogen-bond acceptors (Lipinski definition) is 7. The molecule has 3 fully saturated rings. The second-order valence-corrected chi connectivity index (χ2v) is 11.0. The first-order chi connectivity index (χ1) is 13.8. The van der Waals surface area contributed by atoms with E-state index in [1.165, 1.54) is 0 Å². The molecule has 0 aromatic heterocycles. The monoisotopic (exact) mass is 443 g/mol. The van der Waals surface area contributed by atoms with Crippen LogP contribution in [0.2, 0.25) is 0 Å². The molecule has 166 valence electrons. The largest absolute Gasteiger partial charge is 0.397 e. The topological polar surface area (TPSA) is 135 Å². The highest BCUT2D eigenvalue weighted by Gasteiger charge is 2.68. The molecule has 3 saturated carbocycles. The van der Waals surface area contributed by atoms with Crippen molar-refractivity contribution in [3.8, 4) is 0 Å². The van der Waals surface area contributed by atoms with Crippen LogP contribution >= 0.6 is 0 Å². The van der Waals surface area contributed by atoms with E-state index in [0.29, 0.717) is 19.3 Å². The summed E-state index contributed by atoms with van der Waals surface area (Å²) in [7, 11) is -4.81. The van der Waals surface area contributed by atoms with Gasteiger partial charge in [0.05, 0.1) is 0 Å². The third-order valence-electron chi connectivity index (χ3n) is 8.61. The molecule has 0 amide bonds. The molecule has 0 spiro atoms. The Labute approximate surface area is 176 Å². The van der Waals surface area contributed by atoms with E-state index in [1.54, 1.807) is 13.0 Å². The van der Waals surface area contributed by atoms with Crippen LogP contribution in [0.3, 0.4) is 0 Å². The van der Waals surface area contributed by atoms with E-state index in [-0.39, 0.29) is 47.6 Å². The third kappa shape index (κ3) is 3.04. The molecule has 8 nitrogen and oxygen atoms in total. The van der Waals surface area contributed by atoms with E-state index < -0.39 is 33.8 Å². The van der Waals surface area contributed by atoms with Crippen molar-refractivity contribution >= 4 is 27.7 Å². The van der Waals surface area contributed by atoms with Crippen molar-refractivity contribution in [3.63, 3.8) is 0 Å². The zero-order chi connectivity index (χ0) is 22.1. The summed E-state index contributed by atoms with van der Waals surface area (Å²) in [5, 5.41) is 11.3. The molecular formula is C21H28O8S. The van der Waals surface area contributed by atoms with Crippen LogP contribution < -0.4 is 0 Å². The van der Waals surface area contributed by atoms with Crippen LogP contribution in [0.15, 0.2) is 11.6 Å². The first kappa shape index (κ1) is 21.8. The van der Waals surface area contributed by atoms with Gasteiger partial charge in [-0.1, -0.05) is 19.4 Å². The van der Waals surface area contributed by atoms with E-state index in [4.69, 9.17) is 4.55 Å². The Morgan fingerprint density at radius 1 is 1.20 bits per heavy atom. The van der Waals surface area contributed by atoms with Gasteiger partial charge < -0.3 is 5.11 Å². The predicted octanol–water partition coefficient (Wildman–Crippen LogP) is 1.82. The minimum Gasteiger partial charge on any atom is -0.381 e. The zero-order valence-electron chi connectivity index (χ0n) is 17.2. The standard InChI is InChI=1S/C21H28O8S/c1-19-7-5-13(22)9-12(19)3-4-14-15-6-8-21(25,17(24)11-29-30(26,27)28)20(15,2)10-16(23)18(14)19/h9,14-15,18,25H,3-8,10-11H2,1-2H3,(H,26,27,28)/t14-,15-,18?,19-,20-,21-/m0/s1/i5+1,9+1,13+1. The van der Waals surface area contributed by atoms with Gasteiger partial charge in [-0.2, -0.15) is 8.42 Å². The average molecular weight is 443 g/mol. The van der Waals surface area contributed by atoms with E-state index in [9.17, 15) is 27.9 Å². The summed E-state index contributed by atoms with van der Waals surface area (Å²) in [5.74, 6) is -1.05. The molecule has 0 bridgehead atoms. The summed E-state index contributed by atoms with van der Waals surface area (Å²) in [5.41, 5.74) is -2.23. The van der Waals surface area contributed by atoms with Crippen LogP contribution in [0.1, 0.15) is 58.8 Å². The number of fused-ring (bicyclic) bond motifs is 5. The van der Waals surface area contributed by atoms with Gasteiger partial charge in [-0.25, -0.2) is 4.18 Å². The lowest BCUT2D eigenvalue weighted by Gasteiger charge is -2.57. The van der Waals surface area contributed by atoms with Crippen LogP contribution in [0.4, 0.5) is 0 Å². The van der Waals surface area contributed by atoms with Gasteiger partial charge in [0.25, 0.3) is 0 Å². The SMILES string of the molecule is C[C@]12C[13CH2][13C](=O)[13CH]=C1CC[C@@H]1C2C(=O)C[C@@]2(C)[C@H]1CC[C@]2(O)C(=O)COS(=O)(=O)O. The molecule has 6 atom stereocenters. The number of aliphatic hydroxyl groups is 1. The molecule has 2 N–H and O–H groups in total. The quantitative estimate of drug-likeness (QED) is 0.496. The molecule has 0 aromatic carbocycles. The highest BCUT2D eigenvalue weighted by atomic mass is 32.3.